The van der Waals surface area contributed by atoms with Crippen LogP contribution in [0.2, 0.25) is 0 Å². The highest BCUT2D eigenvalue weighted by molar-refractivity contribution is 5.71. The Morgan fingerprint density at radius 3 is 1.40 bits per heavy atom. The minimum absolute atomic E-state index is 0. The van der Waals surface area contributed by atoms with Crippen LogP contribution >= 0.6 is 0 Å². The summed E-state index contributed by atoms with van der Waals surface area (Å²) < 4.78 is 0. The fourth-order valence-electron chi connectivity index (χ4n) is 0. The molecule has 0 spiro atoms. The fourth-order valence-corrected chi connectivity index (χ4v) is 0. The maximum atomic E-state index is 6.06. The smallest absolute Gasteiger partial charge is 0.183 e. The van der Waals surface area contributed by atoms with Crippen LogP contribution < -0.4 is 11.5 Å². The van der Waals surface area contributed by atoms with Crippen molar-refractivity contribution in [2.24, 2.45) is 11.5 Å². The van der Waals surface area contributed by atoms with E-state index in [1.54, 1.807) is 0 Å². The molecule has 0 rings (SSSR count). The molecular formula is C2H5N3. The average molecular weight is 71.1 g/mol. The number of guanidine groups is 1. The van der Waals surface area contributed by atoms with Gasteiger partial charge in [-0.3, -0.25) is 5.41 Å². The van der Waals surface area contributed by atoms with Gasteiger partial charge in [-0.25, -0.2) is 0 Å². The van der Waals surface area contributed by atoms with Crippen molar-refractivity contribution in [2.45, 2.75) is 0 Å². The van der Waals surface area contributed by atoms with Crippen molar-refractivity contribution in [1.82, 2.24) is 0 Å². The molecule has 3 nitrogen and oxygen atoms in total. The predicted molar refractivity (Wildman–Crippen MR) is 19.3 cm³/mol. The van der Waals surface area contributed by atoms with Gasteiger partial charge in [0.05, 0.1) is 0 Å². The first kappa shape index (κ1) is 8.86. The lowest BCUT2D eigenvalue weighted by Crippen LogP contribution is -2.20. The average Bonchev–Trinajstić information content (AvgIpc) is 0.811. The van der Waals surface area contributed by atoms with Gasteiger partial charge < -0.3 is 11.5 Å². The molecule has 0 saturated carbocycles. The maximum Gasteiger partial charge on any atom is 0.183 e. The number of rotatable bonds is 0. The predicted octanol–water partition coefficient (Wildman–Crippen LogP) is -1.08. The quantitative estimate of drug-likeness (QED) is 0.251. The van der Waals surface area contributed by atoms with E-state index < -0.39 is 0 Å². The van der Waals surface area contributed by atoms with E-state index in [9.17, 15) is 0 Å². The monoisotopic (exact) mass is 71.0 g/mol. The molecular weight excluding hydrogens is 66.0 g/mol. The first-order valence-electron chi connectivity index (χ1n) is 0.827. The van der Waals surface area contributed by atoms with Gasteiger partial charge >= 0.3 is 0 Å². The molecule has 0 aliphatic heterocycles. The molecule has 0 bridgehead atoms. The van der Waals surface area contributed by atoms with Crippen LogP contribution in [0.25, 0.3) is 0 Å². The van der Waals surface area contributed by atoms with Gasteiger partial charge in [0, 0.05) is 7.43 Å². The largest absolute Gasteiger partial charge is 0.370 e. The Bertz CT molecular complexity index is 27.9. The van der Waals surface area contributed by atoms with Gasteiger partial charge in [-0.2, -0.15) is 0 Å². The second-order valence-corrected chi connectivity index (χ2v) is 0.455. The molecule has 0 aromatic heterocycles. The molecule has 0 atom stereocenters. The summed E-state index contributed by atoms with van der Waals surface area (Å²) in [5, 5.41) is 6.06. The van der Waals surface area contributed by atoms with Crippen LogP contribution in [-0.4, -0.2) is 5.96 Å². The highest BCUT2D eigenvalue weighted by atomic mass is 14.9. The molecule has 0 aliphatic carbocycles. The Hall–Kier alpha value is -0.730. The van der Waals surface area contributed by atoms with Gasteiger partial charge in [-0.05, 0) is 0 Å². The summed E-state index contributed by atoms with van der Waals surface area (Å²) in [5.41, 5.74) is 8.94. The van der Waals surface area contributed by atoms with Crippen LogP contribution in [0, 0.1) is 12.8 Å². The minimum atomic E-state index is -0.333. The van der Waals surface area contributed by atoms with E-state index in [0.29, 0.717) is 0 Å². The zero-order valence-corrected chi connectivity index (χ0v) is 2.65. The van der Waals surface area contributed by atoms with Crippen molar-refractivity contribution >= 4 is 5.96 Å². The van der Waals surface area contributed by atoms with Crippen LogP contribution in [-0.2, 0) is 0 Å². The van der Waals surface area contributed by atoms with E-state index in [1.807, 2.05) is 0 Å². The third-order valence-electron chi connectivity index (χ3n) is 0. The molecule has 0 saturated heterocycles. The van der Waals surface area contributed by atoms with Crippen LogP contribution in [0.1, 0.15) is 0 Å². The van der Waals surface area contributed by atoms with Gasteiger partial charge in [0.25, 0.3) is 0 Å². The van der Waals surface area contributed by atoms with Crippen molar-refractivity contribution in [2.75, 3.05) is 0 Å². The Labute approximate surface area is 31.5 Å². The van der Waals surface area contributed by atoms with Crippen LogP contribution in [0.15, 0.2) is 0 Å². The fraction of sp³-hybridized carbons (Fsp3) is 0. The number of hydrogen-bond donors (Lipinski definition) is 3. The van der Waals surface area contributed by atoms with E-state index in [4.69, 9.17) is 5.41 Å². The molecule has 28 valence electrons. The lowest BCUT2D eigenvalue weighted by atomic mass is 11.1. The molecule has 0 unspecified atom stereocenters. The Morgan fingerprint density at radius 1 is 1.40 bits per heavy atom. The maximum absolute atomic E-state index is 6.06. The number of hydrogen-bond acceptors (Lipinski definition) is 1. The lowest BCUT2D eigenvalue weighted by Gasteiger charge is -1.69. The minimum Gasteiger partial charge on any atom is -0.370 e. The van der Waals surface area contributed by atoms with Crippen molar-refractivity contribution < 1.29 is 0 Å². The third kappa shape index (κ3) is 9.90. The van der Waals surface area contributed by atoms with Gasteiger partial charge in [0.1, 0.15) is 0 Å². The SMILES string of the molecule is N=C(N)N.[C]. The summed E-state index contributed by atoms with van der Waals surface area (Å²) in [6, 6.07) is 0. The molecule has 0 aromatic rings. The summed E-state index contributed by atoms with van der Waals surface area (Å²) in [6.07, 6.45) is 0. The second kappa shape index (κ2) is 3.27. The van der Waals surface area contributed by atoms with Gasteiger partial charge in [-0.1, -0.05) is 0 Å². The van der Waals surface area contributed by atoms with Crippen molar-refractivity contribution in [3.63, 3.8) is 0 Å². The zero-order chi connectivity index (χ0) is 3.58. The molecule has 5 heavy (non-hydrogen) atoms. The van der Waals surface area contributed by atoms with Gasteiger partial charge in [0.15, 0.2) is 5.96 Å². The van der Waals surface area contributed by atoms with Crippen LogP contribution in [0.4, 0.5) is 0 Å². The van der Waals surface area contributed by atoms with Gasteiger partial charge in [-0.15, -0.1) is 0 Å². The van der Waals surface area contributed by atoms with Crippen LogP contribution in [0.3, 0.4) is 0 Å². The summed E-state index contributed by atoms with van der Waals surface area (Å²) in [7, 11) is 0. The molecule has 0 fully saturated rings. The van der Waals surface area contributed by atoms with Crippen LogP contribution in [0.5, 0.6) is 0 Å². The van der Waals surface area contributed by atoms with E-state index in [0.717, 1.165) is 0 Å². The standard InChI is InChI=1S/CH5N3.C/c2-1(3)4;/h(H5,2,3,4);. The summed E-state index contributed by atoms with van der Waals surface area (Å²) in [4.78, 5) is 0. The van der Waals surface area contributed by atoms with E-state index in [2.05, 4.69) is 11.5 Å². The third-order valence-corrected chi connectivity index (χ3v) is 0. The molecule has 5 N–H and O–H groups in total. The molecule has 0 amide bonds. The summed E-state index contributed by atoms with van der Waals surface area (Å²) >= 11 is 0. The topological polar surface area (TPSA) is 75.9 Å². The molecule has 3 heteroatoms. The zero-order valence-electron chi connectivity index (χ0n) is 2.65. The van der Waals surface area contributed by atoms with E-state index >= 15 is 0 Å². The first-order valence-corrected chi connectivity index (χ1v) is 0.827. The molecule has 0 heterocycles. The summed E-state index contributed by atoms with van der Waals surface area (Å²) in [6.45, 7) is 0. The van der Waals surface area contributed by atoms with E-state index in [-0.39, 0.29) is 13.4 Å². The highest BCUT2D eigenvalue weighted by Gasteiger charge is 1.52. The number of nitrogens with two attached hydrogens (primary N) is 2. The Balaban J connectivity index is 0. The molecule has 0 aromatic carbocycles. The Kier molecular flexibility index (Phi) is 5.79. The second-order valence-electron chi connectivity index (χ2n) is 0.455. The first-order chi connectivity index (χ1) is 1.73. The number of nitrogens with one attached hydrogen (secondary N) is 1. The highest BCUT2D eigenvalue weighted by Crippen LogP contribution is 1.13. The molecule has 4 radical (unpaired) electrons. The van der Waals surface area contributed by atoms with E-state index in [1.165, 1.54) is 0 Å². The van der Waals surface area contributed by atoms with Crippen molar-refractivity contribution in [3.05, 3.63) is 7.43 Å². The van der Waals surface area contributed by atoms with Crippen molar-refractivity contribution in [3.8, 4) is 0 Å². The summed E-state index contributed by atoms with van der Waals surface area (Å²) in [5.74, 6) is -0.333. The van der Waals surface area contributed by atoms with Crippen molar-refractivity contribution in [1.29, 1.82) is 5.41 Å². The molecule has 0 aliphatic rings. The lowest BCUT2D eigenvalue weighted by molar-refractivity contribution is 1.39. The van der Waals surface area contributed by atoms with Gasteiger partial charge in [0.2, 0.25) is 0 Å². The normalized spacial score (nSPS) is 4.80. The Morgan fingerprint density at radius 2 is 1.40 bits per heavy atom.